The fourth-order valence-corrected chi connectivity index (χ4v) is 4.22. The molecule has 0 aliphatic heterocycles. The molecule has 0 radical (unpaired) electrons. The molecule has 0 unspecified atom stereocenters. The highest BCUT2D eigenvalue weighted by molar-refractivity contribution is 5.89. The van der Waals surface area contributed by atoms with Crippen LogP contribution >= 0.6 is 0 Å². The van der Waals surface area contributed by atoms with Crippen LogP contribution in [0.4, 0.5) is 4.79 Å². The molecule has 4 rings (SSSR count). The van der Waals surface area contributed by atoms with Crippen LogP contribution in [0.5, 0.6) is 0 Å². The van der Waals surface area contributed by atoms with Gasteiger partial charge in [0.05, 0.1) is 6.33 Å². The first-order valence-corrected chi connectivity index (χ1v) is 11.1. The van der Waals surface area contributed by atoms with Crippen LogP contribution in [0.1, 0.15) is 36.1 Å². The zero-order valence-electron chi connectivity index (χ0n) is 18.7. The Kier molecular flexibility index (Phi) is 6.91. The lowest BCUT2D eigenvalue weighted by Gasteiger charge is -2.21. The van der Waals surface area contributed by atoms with Crippen molar-refractivity contribution in [3.8, 4) is 11.1 Å². The summed E-state index contributed by atoms with van der Waals surface area (Å²) >= 11 is 0. The number of amides is 2. The lowest BCUT2D eigenvalue weighted by atomic mass is 9.98. The minimum Gasteiger partial charge on any atom is -0.480 e. The molecule has 1 heterocycles. The summed E-state index contributed by atoms with van der Waals surface area (Å²) in [5.41, 5.74) is 4.99. The van der Waals surface area contributed by atoms with Gasteiger partial charge in [-0.2, -0.15) is 0 Å². The van der Waals surface area contributed by atoms with Crippen LogP contribution in [0, 0.1) is 0 Å². The Morgan fingerprint density at radius 3 is 2.24 bits per heavy atom. The third kappa shape index (κ3) is 4.93. The van der Waals surface area contributed by atoms with Gasteiger partial charge in [0.1, 0.15) is 18.7 Å². The van der Waals surface area contributed by atoms with Crippen LogP contribution in [-0.4, -0.2) is 51.7 Å². The molecule has 9 heteroatoms. The van der Waals surface area contributed by atoms with Gasteiger partial charge in [0.2, 0.25) is 5.91 Å². The monoisotopic (exact) mass is 462 g/mol. The van der Waals surface area contributed by atoms with Gasteiger partial charge in [0.25, 0.3) is 0 Å². The van der Waals surface area contributed by atoms with Gasteiger partial charge in [-0.05, 0) is 28.7 Å². The lowest BCUT2D eigenvalue weighted by molar-refractivity contribution is -0.142. The molecule has 1 aliphatic rings. The lowest BCUT2D eigenvalue weighted by Crippen LogP contribution is -2.52. The molecule has 2 aromatic carbocycles. The maximum absolute atomic E-state index is 12.7. The molecule has 34 heavy (non-hydrogen) atoms. The molecule has 1 aliphatic carbocycles. The van der Waals surface area contributed by atoms with E-state index in [4.69, 9.17) is 4.74 Å². The van der Waals surface area contributed by atoms with E-state index in [1.54, 1.807) is 6.92 Å². The quantitative estimate of drug-likeness (QED) is 0.386. The van der Waals surface area contributed by atoms with Crippen LogP contribution in [0.25, 0.3) is 11.1 Å². The number of ether oxygens (including phenoxy) is 1. The number of hydrogen-bond donors (Lipinski definition) is 4. The normalized spacial score (nSPS) is 13.9. The Hall–Kier alpha value is -4.14. The summed E-state index contributed by atoms with van der Waals surface area (Å²) in [6.07, 6.45) is 2.51. The average Bonchev–Trinajstić information content (AvgIpc) is 3.46. The molecule has 0 saturated heterocycles. The van der Waals surface area contributed by atoms with Crippen LogP contribution in [0.2, 0.25) is 0 Å². The summed E-state index contributed by atoms with van der Waals surface area (Å²) in [5, 5.41) is 14.5. The van der Waals surface area contributed by atoms with Crippen molar-refractivity contribution < 1.29 is 24.2 Å². The molecule has 9 nitrogen and oxygen atoms in total. The van der Waals surface area contributed by atoms with Crippen molar-refractivity contribution >= 4 is 18.0 Å². The van der Waals surface area contributed by atoms with Crippen molar-refractivity contribution in [1.29, 1.82) is 0 Å². The van der Waals surface area contributed by atoms with Crippen molar-refractivity contribution in [2.45, 2.75) is 37.8 Å². The first-order chi connectivity index (χ1) is 16.5. The summed E-state index contributed by atoms with van der Waals surface area (Å²) in [4.78, 5) is 43.4. The number of benzene rings is 2. The molecule has 3 aromatic rings. The number of imidazole rings is 1. The number of nitrogens with zero attached hydrogens (tertiary/aromatic N) is 1. The number of aliphatic carboxylic acids is 1. The van der Waals surface area contributed by atoms with E-state index in [9.17, 15) is 19.5 Å². The highest BCUT2D eigenvalue weighted by atomic mass is 16.5. The maximum Gasteiger partial charge on any atom is 0.407 e. The number of aromatic nitrogens is 2. The number of carbonyl (C=O) groups excluding carboxylic acids is 2. The van der Waals surface area contributed by atoms with Crippen LogP contribution < -0.4 is 10.6 Å². The highest BCUT2D eigenvalue weighted by Crippen LogP contribution is 2.44. The topological polar surface area (TPSA) is 133 Å². The second-order valence-electron chi connectivity index (χ2n) is 8.11. The van der Waals surface area contributed by atoms with Crippen LogP contribution in [0.15, 0.2) is 61.1 Å². The SMILES string of the molecule is CC[C@H](NC(=O)OCC1c2ccccc2-c2ccccc21)C(=O)N[C@@H](Cc1cnc[nH]1)C(=O)O. The fourth-order valence-electron chi connectivity index (χ4n) is 4.22. The number of carboxylic acids is 1. The molecule has 0 saturated carbocycles. The number of hydrogen-bond acceptors (Lipinski definition) is 5. The van der Waals surface area contributed by atoms with Gasteiger partial charge >= 0.3 is 12.1 Å². The predicted octanol–water partition coefficient (Wildman–Crippen LogP) is 2.84. The number of nitrogens with one attached hydrogen (secondary N) is 3. The predicted molar refractivity (Wildman–Crippen MR) is 124 cm³/mol. The molecule has 176 valence electrons. The zero-order chi connectivity index (χ0) is 24.1. The first-order valence-electron chi connectivity index (χ1n) is 11.1. The van der Waals surface area contributed by atoms with E-state index in [0.29, 0.717) is 5.69 Å². The molecular weight excluding hydrogens is 436 g/mol. The van der Waals surface area contributed by atoms with Gasteiger partial charge in [0.15, 0.2) is 0 Å². The third-order valence-corrected chi connectivity index (χ3v) is 5.95. The Morgan fingerprint density at radius 2 is 1.68 bits per heavy atom. The van der Waals surface area contributed by atoms with Crippen molar-refractivity contribution in [3.05, 3.63) is 77.9 Å². The van der Waals surface area contributed by atoms with Crippen molar-refractivity contribution in [2.24, 2.45) is 0 Å². The fraction of sp³-hybridized carbons (Fsp3) is 0.280. The number of aromatic amines is 1. The van der Waals surface area contributed by atoms with Crippen LogP contribution in [-0.2, 0) is 20.7 Å². The van der Waals surface area contributed by atoms with E-state index in [0.717, 1.165) is 22.3 Å². The number of carboxylic acid groups (broad SMARTS) is 1. The average molecular weight is 463 g/mol. The van der Waals surface area contributed by atoms with E-state index < -0.39 is 30.1 Å². The van der Waals surface area contributed by atoms with Gasteiger partial charge in [-0.25, -0.2) is 14.6 Å². The Labute approximate surface area is 196 Å². The van der Waals surface area contributed by atoms with Gasteiger partial charge < -0.3 is 25.5 Å². The number of carbonyl (C=O) groups is 3. The number of H-pyrrole nitrogens is 1. The number of rotatable bonds is 9. The Bertz CT molecular complexity index is 1130. The number of fused-ring (bicyclic) bond motifs is 3. The van der Waals surface area contributed by atoms with Gasteiger partial charge in [-0.1, -0.05) is 55.5 Å². The number of alkyl carbamates (subject to hydrolysis) is 1. The second kappa shape index (κ2) is 10.2. The van der Waals surface area contributed by atoms with E-state index in [1.165, 1.54) is 12.5 Å². The largest absolute Gasteiger partial charge is 0.480 e. The molecule has 0 spiro atoms. The molecule has 0 bridgehead atoms. The molecule has 2 atom stereocenters. The molecule has 1 aromatic heterocycles. The van der Waals surface area contributed by atoms with Gasteiger partial charge in [0, 0.05) is 24.2 Å². The Morgan fingerprint density at radius 1 is 1.03 bits per heavy atom. The summed E-state index contributed by atoms with van der Waals surface area (Å²) < 4.78 is 5.50. The van der Waals surface area contributed by atoms with Crippen molar-refractivity contribution in [1.82, 2.24) is 20.6 Å². The minimum atomic E-state index is -1.18. The zero-order valence-corrected chi connectivity index (χ0v) is 18.7. The van der Waals surface area contributed by atoms with E-state index in [2.05, 4.69) is 20.6 Å². The summed E-state index contributed by atoms with van der Waals surface area (Å²) in [5.74, 6) is -1.88. The molecule has 2 amide bonds. The van der Waals surface area contributed by atoms with Gasteiger partial charge in [-0.3, -0.25) is 4.79 Å². The van der Waals surface area contributed by atoms with E-state index in [-0.39, 0.29) is 25.4 Å². The summed E-state index contributed by atoms with van der Waals surface area (Å²) in [6, 6.07) is 13.9. The Balaban J connectivity index is 1.36. The standard InChI is InChI=1S/C25H26N4O5/c1-2-21(23(30)28-22(24(31)32)11-15-12-26-14-27-15)29-25(33)34-13-20-18-9-5-3-7-16(18)17-8-4-6-10-19(17)20/h3-10,12,14,20-22H,2,11,13H2,1H3,(H,26,27)(H,28,30)(H,29,33)(H,31,32)/t21-,22-/m0/s1. The summed E-state index contributed by atoms with van der Waals surface area (Å²) in [7, 11) is 0. The molecule has 0 fully saturated rings. The first kappa shape index (κ1) is 23.0. The van der Waals surface area contributed by atoms with E-state index >= 15 is 0 Å². The van der Waals surface area contributed by atoms with Crippen molar-refractivity contribution in [2.75, 3.05) is 6.61 Å². The minimum absolute atomic E-state index is 0.0441. The van der Waals surface area contributed by atoms with Crippen LogP contribution in [0.3, 0.4) is 0 Å². The molecule has 4 N–H and O–H groups in total. The van der Waals surface area contributed by atoms with Crippen molar-refractivity contribution in [3.63, 3.8) is 0 Å². The maximum atomic E-state index is 12.7. The molecular formula is C25H26N4O5. The third-order valence-electron chi connectivity index (χ3n) is 5.95. The van der Waals surface area contributed by atoms with Gasteiger partial charge in [-0.15, -0.1) is 0 Å². The summed E-state index contributed by atoms with van der Waals surface area (Å²) in [6.45, 7) is 1.84. The smallest absolute Gasteiger partial charge is 0.407 e. The second-order valence-corrected chi connectivity index (χ2v) is 8.11. The highest BCUT2D eigenvalue weighted by Gasteiger charge is 2.30. The van der Waals surface area contributed by atoms with E-state index in [1.807, 2.05) is 48.5 Å².